The third-order valence-electron chi connectivity index (χ3n) is 2.40. The molecule has 0 aliphatic rings. The minimum atomic E-state index is 0.498. The first-order valence-electron chi connectivity index (χ1n) is 5.56. The minimum absolute atomic E-state index is 0.498. The van der Waals surface area contributed by atoms with Crippen LogP contribution in [0.25, 0.3) is 0 Å². The van der Waals surface area contributed by atoms with Crippen LogP contribution in [0.5, 0.6) is 0 Å². The van der Waals surface area contributed by atoms with Gasteiger partial charge in [-0.25, -0.2) is 0 Å². The van der Waals surface area contributed by atoms with Crippen LogP contribution in [0, 0.1) is 5.92 Å². The molecule has 0 saturated carbocycles. The lowest BCUT2D eigenvalue weighted by atomic mass is 10.1. The van der Waals surface area contributed by atoms with E-state index in [-0.39, 0.29) is 0 Å². The lowest BCUT2D eigenvalue weighted by Crippen LogP contribution is -2.43. The Morgan fingerprint density at radius 2 is 1.64 bits per heavy atom. The lowest BCUT2D eigenvalue weighted by Gasteiger charge is -2.30. The van der Waals surface area contributed by atoms with Crippen LogP contribution in [0.1, 0.15) is 20.8 Å². The summed E-state index contributed by atoms with van der Waals surface area (Å²) in [7, 11) is 4.22. The van der Waals surface area contributed by atoms with E-state index in [1.54, 1.807) is 0 Å². The van der Waals surface area contributed by atoms with Crippen molar-refractivity contribution in [3.8, 4) is 0 Å². The van der Waals surface area contributed by atoms with E-state index < -0.39 is 0 Å². The van der Waals surface area contributed by atoms with Crippen LogP contribution in [0.4, 0.5) is 0 Å². The molecule has 0 bridgehead atoms. The van der Waals surface area contributed by atoms with Crippen molar-refractivity contribution in [2.75, 3.05) is 40.3 Å². The summed E-state index contributed by atoms with van der Waals surface area (Å²) in [5.41, 5.74) is 5.70. The van der Waals surface area contributed by atoms with Gasteiger partial charge in [0.1, 0.15) is 0 Å². The first kappa shape index (κ1) is 13.9. The van der Waals surface area contributed by atoms with E-state index in [2.05, 4.69) is 44.7 Å². The summed E-state index contributed by atoms with van der Waals surface area (Å²) < 4.78 is 0. The summed E-state index contributed by atoms with van der Waals surface area (Å²) in [6, 6.07) is 0.498. The molecule has 3 heteroatoms. The Labute approximate surface area is 89.2 Å². The molecule has 86 valence electrons. The number of hydrogen-bond donors (Lipinski definition) is 1. The average Bonchev–Trinajstić information content (AvgIpc) is 2.10. The van der Waals surface area contributed by atoms with Crippen molar-refractivity contribution >= 4 is 0 Å². The lowest BCUT2D eigenvalue weighted by molar-refractivity contribution is 0.173. The van der Waals surface area contributed by atoms with Crippen molar-refractivity contribution in [2.24, 2.45) is 11.7 Å². The second-order valence-corrected chi connectivity index (χ2v) is 4.78. The summed E-state index contributed by atoms with van der Waals surface area (Å²) >= 11 is 0. The van der Waals surface area contributed by atoms with Crippen LogP contribution < -0.4 is 5.73 Å². The zero-order valence-electron chi connectivity index (χ0n) is 10.5. The quantitative estimate of drug-likeness (QED) is 0.663. The van der Waals surface area contributed by atoms with Gasteiger partial charge >= 0.3 is 0 Å². The molecule has 0 saturated heterocycles. The molecule has 1 atom stereocenters. The van der Waals surface area contributed by atoms with E-state index in [4.69, 9.17) is 5.73 Å². The number of rotatable bonds is 7. The average molecular weight is 201 g/mol. The Bertz CT molecular complexity index is 134. The molecule has 0 radical (unpaired) electrons. The molecule has 0 fully saturated rings. The maximum absolute atomic E-state index is 5.70. The summed E-state index contributed by atoms with van der Waals surface area (Å²) in [6.07, 6.45) is 0. The molecular formula is C11H27N3. The maximum Gasteiger partial charge on any atom is 0.0190 e. The second-order valence-electron chi connectivity index (χ2n) is 4.78. The number of nitrogens with two attached hydrogens (primary N) is 1. The highest BCUT2D eigenvalue weighted by Gasteiger charge is 2.13. The van der Waals surface area contributed by atoms with Crippen LogP contribution in [0.3, 0.4) is 0 Å². The molecule has 0 aromatic carbocycles. The Hall–Kier alpha value is -0.120. The number of nitrogens with zero attached hydrogens (tertiary/aromatic N) is 2. The zero-order chi connectivity index (χ0) is 11.1. The van der Waals surface area contributed by atoms with Crippen LogP contribution in [0.2, 0.25) is 0 Å². The predicted octanol–water partition coefficient (Wildman–Crippen LogP) is 0.853. The molecular weight excluding hydrogens is 174 g/mol. The van der Waals surface area contributed by atoms with Gasteiger partial charge in [-0.05, 0) is 26.9 Å². The summed E-state index contributed by atoms with van der Waals surface area (Å²) in [5, 5.41) is 0. The van der Waals surface area contributed by atoms with Gasteiger partial charge in [0, 0.05) is 32.2 Å². The smallest absolute Gasteiger partial charge is 0.0190 e. The summed E-state index contributed by atoms with van der Waals surface area (Å²) in [4.78, 5) is 4.70. The third-order valence-corrected chi connectivity index (χ3v) is 2.40. The normalized spacial score (nSPS) is 14.4. The molecule has 0 spiro atoms. The van der Waals surface area contributed by atoms with Crippen molar-refractivity contribution in [3.63, 3.8) is 0 Å². The molecule has 0 aliphatic carbocycles. The first-order chi connectivity index (χ1) is 6.47. The van der Waals surface area contributed by atoms with Gasteiger partial charge in [-0.1, -0.05) is 13.8 Å². The SMILES string of the molecule is CC(C)CN(CCN(C)C)C(C)CN. The van der Waals surface area contributed by atoms with Gasteiger partial charge in [0.25, 0.3) is 0 Å². The van der Waals surface area contributed by atoms with Crippen LogP contribution in [-0.2, 0) is 0 Å². The van der Waals surface area contributed by atoms with Gasteiger partial charge in [-0.3, -0.25) is 4.90 Å². The third kappa shape index (κ3) is 6.35. The molecule has 0 rings (SSSR count). The van der Waals surface area contributed by atoms with Crippen LogP contribution in [0.15, 0.2) is 0 Å². The van der Waals surface area contributed by atoms with Gasteiger partial charge in [-0.2, -0.15) is 0 Å². The van der Waals surface area contributed by atoms with Gasteiger partial charge in [-0.15, -0.1) is 0 Å². The highest BCUT2D eigenvalue weighted by molar-refractivity contribution is 4.70. The largest absolute Gasteiger partial charge is 0.329 e. The zero-order valence-corrected chi connectivity index (χ0v) is 10.5. The Morgan fingerprint density at radius 3 is 2.00 bits per heavy atom. The monoisotopic (exact) mass is 201 g/mol. The molecule has 1 unspecified atom stereocenters. The standard InChI is InChI=1S/C11H27N3/c1-10(2)9-14(11(3)8-12)7-6-13(4)5/h10-11H,6-9,12H2,1-5H3. The maximum atomic E-state index is 5.70. The van der Waals surface area contributed by atoms with Gasteiger partial charge in [0.15, 0.2) is 0 Å². The van der Waals surface area contributed by atoms with Crippen molar-refractivity contribution in [2.45, 2.75) is 26.8 Å². The van der Waals surface area contributed by atoms with E-state index in [1.165, 1.54) is 0 Å². The summed E-state index contributed by atoms with van der Waals surface area (Å²) in [5.74, 6) is 0.714. The number of hydrogen-bond acceptors (Lipinski definition) is 3. The molecule has 0 aliphatic heterocycles. The molecule has 0 heterocycles. The van der Waals surface area contributed by atoms with Gasteiger partial charge in [0.05, 0.1) is 0 Å². The Morgan fingerprint density at radius 1 is 1.07 bits per heavy atom. The van der Waals surface area contributed by atoms with E-state index in [0.717, 1.165) is 26.2 Å². The van der Waals surface area contributed by atoms with Crippen molar-refractivity contribution < 1.29 is 0 Å². The first-order valence-corrected chi connectivity index (χ1v) is 5.56. The highest BCUT2D eigenvalue weighted by atomic mass is 15.2. The molecule has 0 aromatic heterocycles. The fraction of sp³-hybridized carbons (Fsp3) is 1.00. The highest BCUT2D eigenvalue weighted by Crippen LogP contribution is 2.03. The minimum Gasteiger partial charge on any atom is -0.329 e. The molecule has 14 heavy (non-hydrogen) atoms. The van der Waals surface area contributed by atoms with Crippen molar-refractivity contribution in [1.82, 2.24) is 9.80 Å². The predicted molar refractivity (Wildman–Crippen MR) is 63.5 cm³/mol. The second kappa shape index (κ2) is 7.21. The summed E-state index contributed by atoms with van der Waals surface area (Å²) in [6.45, 7) is 10.8. The van der Waals surface area contributed by atoms with Crippen LogP contribution in [-0.4, -0.2) is 56.1 Å². The van der Waals surface area contributed by atoms with E-state index in [0.29, 0.717) is 12.0 Å². The Balaban J connectivity index is 3.97. The van der Waals surface area contributed by atoms with E-state index >= 15 is 0 Å². The molecule has 0 amide bonds. The van der Waals surface area contributed by atoms with E-state index in [9.17, 15) is 0 Å². The van der Waals surface area contributed by atoms with Crippen molar-refractivity contribution in [3.05, 3.63) is 0 Å². The van der Waals surface area contributed by atoms with Gasteiger partial charge in [0.2, 0.25) is 0 Å². The topological polar surface area (TPSA) is 32.5 Å². The fourth-order valence-corrected chi connectivity index (χ4v) is 1.44. The van der Waals surface area contributed by atoms with Crippen molar-refractivity contribution in [1.29, 1.82) is 0 Å². The molecule has 3 nitrogen and oxygen atoms in total. The Kier molecular flexibility index (Phi) is 7.15. The molecule has 2 N–H and O–H groups in total. The van der Waals surface area contributed by atoms with Crippen LogP contribution >= 0.6 is 0 Å². The van der Waals surface area contributed by atoms with Gasteiger partial charge < -0.3 is 10.6 Å². The molecule has 0 aromatic rings. The van der Waals surface area contributed by atoms with E-state index in [1.807, 2.05) is 0 Å². The number of likely N-dealkylation sites (N-methyl/N-ethyl adjacent to an activating group) is 1. The fourth-order valence-electron chi connectivity index (χ4n) is 1.44.